The van der Waals surface area contributed by atoms with Gasteiger partial charge in [0.15, 0.2) is 0 Å². The Kier molecular flexibility index (Phi) is 3.76. The van der Waals surface area contributed by atoms with E-state index in [0.29, 0.717) is 10.7 Å². The average molecular weight is 251 g/mol. The first kappa shape index (κ1) is 12.1. The van der Waals surface area contributed by atoms with Crippen molar-refractivity contribution in [2.24, 2.45) is 5.73 Å². The fraction of sp³-hybridized carbons (Fsp3) is 0.333. The molecule has 0 saturated carbocycles. The number of aromatic nitrogens is 3. The topological polar surface area (TPSA) is 56.7 Å². The van der Waals surface area contributed by atoms with E-state index in [1.165, 1.54) is 0 Å². The van der Waals surface area contributed by atoms with Crippen LogP contribution in [-0.4, -0.2) is 14.5 Å². The van der Waals surface area contributed by atoms with Crippen molar-refractivity contribution in [2.75, 3.05) is 0 Å². The molecule has 0 aliphatic carbocycles. The fourth-order valence-corrected chi connectivity index (χ4v) is 2.02. The zero-order chi connectivity index (χ0) is 12.3. The number of nitrogens with zero attached hydrogens (tertiary/aromatic N) is 3. The van der Waals surface area contributed by atoms with Crippen LogP contribution in [0.3, 0.4) is 0 Å². The monoisotopic (exact) mass is 250 g/mol. The van der Waals surface area contributed by atoms with Crippen molar-refractivity contribution in [3.05, 3.63) is 47.3 Å². The van der Waals surface area contributed by atoms with Crippen molar-refractivity contribution in [3.8, 4) is 0 Å². The van der Waals surface area contributed by atoms with Crippen LogP contribution in [0.15, 0.2) is 30.7 Å². The normalized spacial score (nSPS) is 12.6. The largest absolute Gasteiger partial charge is 0.333 e. The summed E-state index contributed by atoms with van der Waals surface area (Å²) < 4.78 is 2.04. The third kappa shape index (κ3) is 2.48. The summed E-state index contributed by atoms with van der Waals surface area (Å²) in [5, 5.41) is 0.575. The van der Waals surface area contributed by atoms with Gasteiger partial charge in [0.1, 0.15) is 11.9 Å². The van der Waals surface area contributed by atoms with Crippen LogP contribution in [0.2, 0.25) is 5.02 Å². The molecular formula is C12H15ClN4. The highest BCUT2D eigenvalue weighted by Crippen LogP contribution is 2.23. The van der Waals surface area contributed by atoms with E-state index in [2.05, 4.69) is 16.9 Å². The Hall–Kier alpha value is -1.39. The second-order valence-corrected chi connectivity index (χ2v) is 4.23. The summed E-state index contributed by atoms with van der Waals surface area (Å²) in [6.45, 7) is 3.01. The number of aryl methyl sites for hydroxylation is 1. The molecular weight excluding hydrogens is 236 g/mol. The highest BCUT2D eigenvalue weighted by atomic mass is 35.5. The van der Waals surface area contributed by atoms with E-state index >= 15 is 0 Å². The minimum atomic E-state index is -0.384. The molecule has 1 unspecified atom stereocenters. The van der Waals surface area contributed by atoms with Crippen LogP contribution in [0.4, 0.5) is 0 Å². The van der Waals surface area contributed by atoms with Crippen LogP contribution in [0, 0.1) is 0 Å². The van der Waals surface area contributed by atoms with Crippen molar-refractivity contribution in [2.45, 2.75) is 25.9 Å². The Morgan fingerprint density at radius 1 is 1.41 bits per heavy atom. The molecule has 2 N–H and O–H groups in total. The van der Waals surface area contributed by atoms with Gasteiger partial charge in [-0.05, 0) is 18.6 Å². The number of imidazole rings is 1. The summed E-state index contributed by atoms with van der Waals surface area (Å²) in [6, 6.07) is 3.19. The van der Waals surface area contributed by atoms with Crippen molar-refractivity contribution in [3.63, 3.8) is 0 Å². The molecule has 2 rings (SSSR count). The summed E-state index contributed by atoms with van der Waals surface area (Å²) in [4.78, 5) is 8.52. The first-order valence-electron chi connectivity index (χ1n) is 5.61. The molecule has 2 heterocycles. The molecule has 2 aromatic rings. The van der Waals surface area contributed by atoms with Gasteiger partial charge in [0, 0.05) is 25.1 Å². The van der Waals surface area contributed by atoms with Gasteiger partial charge in [0.05, 0.1) is 10.7 Å². The number of halogens is 1. The van der Waals surface area contributed by atoms with Gasteiger partial charge < -0.3 is 10.3 Å². The van der Waals surface area contributed by atoms with Gasteiger partial charge in [0.25, 0.3) is 0 Å². The van der Waals surface area contributed by atoms with E-state index in [-0.39, 0.29) is 6.04 Å². The lowest BCUT2D eigenvalue weighted by atomic mass is 10.2. The Labute approximate surface area is 105 Å². The molecule has 0 aliphatic heterocycles. The molecule has 0 radical (unpaired) electrons. The summed E-state index contributed by atoms with van der Waals surface area (Å²) in [6.07, 6.45) is 6.40. The maximum Gasteiger partial charge on any atom is 0.131 e. The Morgan fingerprint density at radius 2 is 2.24 bits per heavy atom. The molecule has 0 aromatic carbocycles. The van der Waals surface area contributed by atoms with Crippen molar-refractivity contribution < 1.29 is 0 Å². The lowest BCUT2D eigenvalue weighted by molar-refractivity contribution is 0.607. The second-order valence-electron chi connectivity index (χ2n) is 3.83. The van der Waals surface area contributed by atoms with Gasteiger partial charge in [0.2, 0.25) is 0 Å². The zero-order valence-electron chi connectivity index (χ0n) is 9.68. The number of hydrogen-bond donors (Lipinski definition) is 1. The van der Waals surface area contributed by atoms with Crippen LogP contribution in [0.1, 0.15) is 30.9 Å². The van der Waals surface area contributed by atoms with Gasteiger partial charge in [-0.25, -0.2) is 4.98 Å². The van der Waals surface area contributed by atoms with E-state index in [0.717, 1.165) is 18.8 Å². The Morgan fingerprint density at radius 3 is 2.94 bits per heavy atom. The molecule has 0 fully saturated rings. The van der Waals surface area contributed by atoms with Crippen molar-refractivity contribution in [1.82, 2.24) is 14.5 Å². The van der Waals surface area contributed by atoms with Crippen molar-refractivity contribution in [1.29, 1.82) is 0 Å². The van der Waals surface area contributed by atoms with Crippen molar-refractivity contribution >= 4 is 11.6 Å². The van der Waals surface area contributed by atoms with Crippen LogP contribution in [0.25, 0.3) is 0 Å². The van der Waals surface area contributed by atoms with Gasteiger partial charge in [-0.3, -0.25) is 4.98 Å². The van der Waals surface area contributed by atoms with E-state index in [1.54, 1.807) is 24.5 Å². The Balaban J connectivity index is 2.34. The maximum absolute atomic E-state index is 6.16. The quantitative estimate of drug-likeness (QED) is 0.907. The number of pyridine rings is 1. The second kappa shape index (κ2) is 5.29. The molecule has 4 nitrogen and oxygen atoms in total. The lowest BCUT2D eigenvalue weighted by Gasteiger charge is -2.14. The third-order valence-electron chi connectivity index (χ3n) is 2.57. The molecule has 0 amide bonds. The molecule has 1 atom stereocenters. The van der Waals surface area contributed by atoms with E-state index < -0.39 is 0 Å². The molecule has 2 aromatic heterocycles. The highest BCUT2D eigenvalue weighted by molar-refractivity contribution is 6.31. The Bertz CT molecular complexity index is 495. The van der Waals surface area contributed by atoms with Gasteiger partial charge in [-0.2, -0.15) is 0 Å². The molecule has 0 bridgehead atoms. The standard InChI is InChI=1S/C12H15ClN4/c1-2-7-17-8-6-16-12(17)10(14)11-9(13)4-3-5-15-11/h3-6,8,10H,2,7,14H2,1H3. The zero-order valence-corrected chi connectivity index (χ0v) is 10.4. The molecule has 0 aliphatic rings. The molecule has 0 saturated heterocycles. The van der Waals surface area contributed by atoms with Crippen LogP contribution in [-0.2, 0) is 6.54 Å². The summed E-state index contributed by atoms with van der Waals surface area (Å²) in [5.74, 6) is 0.799. The van der Waals surface area contributed by atoms with Crippen LogP contribution < -0.4 is 5.73 Å². The third-order valence-corrected chi connectivity index (χ3v) is 2.89. The predicted octanol–water partition coefficient (Wildman–Crippen LogP) is 2.39. The van der Waals surface area contributed by atoms with Crippen LogP contribution in [0.5, 0.6) is 0 Å². The van der Waals surface area contributed by atoms with Gasteiger partial charge >= 0.3 is 0 Å². The first-order valence-corrected chi connectivity index (χ1v) is 5.99. The molecule has 0 spiro atoms. The van der Waals surface area contributed by atoms with Gasteiger partial charge in [-0.15, -0.1) is 0 Å². The fourth-order valence-electron chi connectivity index (χ4n) is 1.78. The first-order chi connectivity index (χ1) is 8.24. The van der Waals surface area contributed by atoms with Gasteiger partial charge in [-0.1, -0.05) is 18.5 Å². The number of rotatable bonds is 4. The molecule has 5 heteroatoms. The minimum absolute atomic E-state index is 0.384. The smallest absolute Gasteiger partial charge is 0.131 e. The van der Waals surface area contributed by atoms with E-state index in [1.807, 2.05) is 10.8 Å². The SMILES string of the molecule is CCCn1ccnc1C(N)c1ncccc1Cl. The summed E-state index contributed by atoms with van der Waals surface area (Å²) in [7, 11) is 0. The molecule has 90 valence electrons. The van der Waals surface area contributed by atoms with E-state index in [9.17, 15) is 0 Å². The van der Waals surface area contributed by atoms with Crippen LogP contribution >= 0.6 is 11.6 Å². The summed E-state index contributed by atoms with van der Waals surface area (Å²) in [5.41, 5.74) is 6.83. The maximum atomic E-state index is 6.16. The molecule has 17 heavy (non-hydrogen) atoms. The number of nitrogens with two attached hydrogens (primary N) is 1. The highest BCUT2D eigenvalue weighted by Gasteiger charge is 2.18. The average Bonchev–Trinajstić information content (AvgIpc) is 2.78. The predicted molar refractivity (Wildman–Crippen MR) is 67.8 cm³/mol. The minimum Gasteiger partial charge on any atom is -0.333 e. The number of hydrogen-bond acceptors (Lipinski definition) is 3. The summed E-state index contributed by atoms with van der Waals surface area (Å²) >= 11 is 6.09. The van der Waals surface area contributed by atoms with E-state index in [4.69, 9.17) is 17.3 Å². The lowest BCUT2D eigenvalue weighted by Crippen LogP contribution is -2.19.